The van der Waals surface area contributed by atoms with Gasteiger partial charge in [0.25, 0.3) is 5.91 Å². The Hall–Kier alpha value is -1.35. The van der Waals surface area contributed by atoms with Crippen molar-refractivity contribution in [1.82, 2.24) is 5.32 Å². The monoisotopic (exact) mass is 414 g/mol. The molecule has 0 radical (unpaired) electrons. The van der Waals surface area contributed by atoms with Crippen molar-refractivity contribution in [3.63, 3.8) is 0 Å². The Morgan fingerprint density at radius 2 is 1.96 bits per heavy atom. The van der Waals surface area contributed by atoms with Gasteiger partial charge >= 0.3 is 0 Å². The van der Waals surface area contributed by atoms with Crippen molar-refractivity contribution in [2.45, 2.75) is 4.90 Å². The zero-order chi connectivity index (χ0) is 16.7. The minimum absolute atomic E-state index is 0.122. The number of rotatable bonds is 7. The van der Waals surface area contributed by atoms with Crippen molar-refractivity contribution >= 4 is 56.5 Å². The third-order valence-corrected chi connectivity index (χ3v) is 5.18. The maximum atomic E-state index is 12.0. The van der Waals surface area contributed by atoms with E-state index in [0.29, 0.717) is 10.6 Å². The minimum atomic E-state index is -0.301. The van der Waals surface area contributed by atoms with Crippen molar-refractivity contribution in [1.29, 1.82) is 0 Å². The highest BCUT2D eigenvalue weighted by molar-refractivity contribution is 9.10. The van der Waals surface area contributed by atoms with Gasteiger partial charge in [-0.1, -0.05) is 15.9 Å². The van der Waals surface area contributed by atoms with Gasteiger partial charge in [-0.25, -0.2) is 0 Å². The molecule has 23 heavy (non-hydrogen) atoms. The number of amides is 2. The zero-order valence-electron chi connectivity index (χ0n) is 12.0. The number of carbonyl (C=O) groups is 2. The van der Waals surface area contributed by atoms with Crippen LogP contribution in [0.2, 0.25) is 0 Å². The van der Waals surface area contributed by atoms with Crippen LogP contribution < -0.4 is 10.6 Å². The highest BCUT2D eigenvalue weighted by atomic mass is 79.9. The summed E-state index contributed by atoms with van der Waals surface area (Å²) >= 11 is 6.03. The molecule has 2 aromatic rings. The van der Waals surface area contributed by atoms with Crippen LogP contribution in [-0.4, -0.2) is 35.8 Å². The lowest BCUT2D eigenvalue weighted by Gasteiger charge is -2.07. The van der Waals surface area contributed by atoms with Crippen LogP contribution in [0.25, 0.3) is 0 Å². The molecular weight excluding hydrogens is 400 g/mol. The standard InChI is InChI=1S/C15H15BrN2O3S2/c16-10-1-3-11(4-2-10)23-9-13(20)18-12-5-8-22-14(12)15(21)17-6-7-19/h1-5,8,19H,6-7,9H2,(H,17,21)(H,18,20). The van der Waals surface area contributed by atoms with Crippen LogP contribution in [0.1, 0.15) is 9.67 Å². The Labute approximate surface area is 150 Å². The van der Waals surface area contributed by atoms with Gasteiger partial charge in [-0.05, 0) is 35.7 Å². The number of benzene rings is 1. The number of hydrogen-bond acceptors (Lipinski definition) is 5. The smallest absolute Gasteiger partial charge is 0.263 e. The molecule has 0 spiro atoms. The number of nitrogens with one attached hydrogen (secondary N) is 2. The average Bonchev–Trinajstić information content (AvgIpc) is 3.00. The maximum absolute atomic E-state index is 12.0. The van der Waals surface area contributed by atoms with Crippen molar-refractivity contribution < 1.29 is 14.7 Å². The molecule has 8 heteroatoms. The second-order valence-electron chi connectivity index (χ2n) is 4.43. The Kier molecular flexibility index (Phi) is 7.10. The van der Waals surface area contributed by atoms with E-state index in [-0.39, 0.29) is 30.7 Å². The third-order valence-electron chi connectivity index (χ3n) is 2.73. The predicted octanol–water partition coefficient (Wildman–Crippen LogP) is 2.96. The Morgan fingerprint density at radius 3 is 2.65 bits per heavy atom. The quantitative estimate of drug-likeness (QED) is 0.608. The van der Waals surface area contributed by atoms with Crippen LogP contribution in [0.3, 0.4) is 0 Å². The van der Waals surface area contributed by atoms with E-state index >= 15 is 0 Å². The van der Waals surface area contributed by atoms with E-state index in [4.69, 9.17) is 5.11 Å². The molecule has 0 bridgehead atoms. The number of thiophene rings is 1. The molecule has 0 aliphatic rings. The molecule has 0 saturated carbocycles. The van der Waals surface area contributed by atoms with Gasteiger partial charge in [0.15, 0.2) is 0 Å². The number of aliphatic hydroxyl groups excluding tert-OH is 1. The molecule has 3 N–H and O–H groups in total. The second kappa shape index (κ2) is 9.07. The maximum Gasteiger partial charge on any atom is 0.263 e. The molecule has 0 saturated heterocycles. The van der Waals surface area contributed by atoms with E-state index in [2.05, 4.69) is 26.6 Å². The highest BCUT2D eigenvalue weighted by Gasteiger charge is 2.14. The number of carbonyl (C=O) groups excluding carboxylic acids is 2. The number of anilines is 1. The summed E-state index contributed by atoms with van der Waals surface area (Å²) in [6.45, 7) is 0.0617. The Bertz CT molecular complexity index is 674. The third kappa shape index (κ3) is 5.65. The molecule has 0 fully saturated rings. The SMILES string of the molecule is O=C(CSc1ccc(Br)cc1)Nc1ccsc1C(=O)NCCO. The summed E-state index contributed by atoms with van der Waals surface area (Å²) < 4.78 is 0.989. The van der Waals surface area contributed by atoms with Gasteiger partial charge in [0.2, 0.25) is 5.91 Å². The lowest BCUT2D eigenvalue weighted by molar-refractivity contribution is -0.113. The van der Waals surface area contributed by atoms with Crippen molar-refractivity contribution in [2.75, 3.05) is 24.2 Å². The molecule has 0 aliphatic heterocycles. The fraction of sp³-hybridized carbons (Fsp3) is 0.200. The van der Waals surface area contributed by atoms with Crippen LogP contribution in [0.5, 0.6) is 0 Å². The summed E-state index contributed by atoms with van der Waals surface area (Å²) in [4.78, 5) is 25.4. The molecule has 2 amide bonds. The van der Waals surface area contributed by atoms with E-state index in [9.17, 15) is 9.59 Å². The van der Waals surface area contributed by atoms with Crippen LogP contribution >= 0.6 is 39.0 Å². The van der Waals surface area contributed by atoms with Crippen LogP contribution in [0.15, 0.2) is 45.1 Å². The average molecular weight is 415 g/mol. The van der Waals surface area contributed by atoms with E-state index in [1.54, 1.807) is 11.4 Å². The Balaban J connectivity index is 1.89. The van der Waals surface area contributed by atoms with E-state index in [1.807, 2.05) is 24.3 Å². The summed E-state index contributed by atoms with van der Waals surface area (Å²) in [5.41, 5.74) is 0.492. The minimum Gasteiger partial charge on any atom is -0.395 e. The van der Waals surface area contributed by atoms with Gasteiger partial charge < -0.3 is 15.7 Å². The molecular formula is C15H15BrN2O3S2. The lowest BCUT2D eigenvalue weighted by Crippen LogP contribution is -2.26. The van der Waals surface area contributed by atoms with E-state index in [1.165, 1.54) is 23.1 Å². The number of thioether (sulfide) groups is 1. The summed E-state index contributed by atoms with van der Waals surface area (Å²) in [6, 6.07) is 9.40. The summed E-state index contributed by atoms with van der Waals surface area (Å²) in [6.07, 6.45) is 0. The number of halogens is 1. The van der Waals surface area contributed by atoms with Gasteiger partial charge in [-0.3, -0.25) is 9.59 Å². The molecule has 1 aromatic carbocycles. The van der Waals surface area contributed by atoms with Crippen LogP contribution in [0, 0.1) is 0 Å². The van der Waals surface area contributed by atoms with Gasteiger partial charge in [0, 0.05) is 15.9 Å². The largest absolute Gasteiger partial charge is 0.395 e. The summed E-state index contributed by atoms with van der Waals surface area (Å²) in [5.74, 6) is -0.215. The molecule has 2 rings (SSSR count). The molecule has 1 heterocycles. The predicted molar refractivity (Wildman–Crippen MR) is 97.2 cm³/mol. The van der Waals surface area contributed by atoms with E-state index in [0.717, 1.165) is 9.37 Å². The number of hydrogen-bond donors (Lipinski definition) is 3. The fourth-order valence-electron chi connectivity index (χ4n) is 1.70. The Morgan fingerprint density at radius 1 is 1.22 bits per heavy atom. The number of aliphatic hydroxyl groups is 1. The van der Waals surface area contributed by atoms with Gasteiger partial charge in [-0.15, -0.1) is 23.1 Å². The highest BCUT2D eigenvalue weighted by Crippen LogP contribution is 2.24. The van der Waals surface area contributed by atoms with Gasteiger partial charge in [-0.2, -0.15) is 0 Å². The normalized spacial score (nSPS) is 10.3. The van der Waals surface area contributed by atoms with Crippen molar-refractivity contribution in [3.05, 3.63) is 45.1 Å². The topological polar surface area (TPSA) is 78.4 Å². The van der Waals surface area contributed by atoms with Crippen LogP contribution in [0.4, 0.5) is 5.69 Å². The molecule has 5 nitrogen and oxygen atoms in total. The second-order valence-corrected chi connectivity index (χ2v) is 7.31. The van der Waals surface area contributed by atoms with Crippen molar-refractivity contribution in [2.24, 2.45) is 0 Å². The summed E-state index contributed by atoms with van der Waals surface area (Å²) in [5, 5.41) is 15.8. The van der Waals surface area contributed by atoms with E-state index < -0.39 is 0 Å². The molecule has 1 aromatic heterocycles. The molecule has 122 valence electrons. The molecule has 0 unspecified atom stereocenters. The molecule has 0 atom stereocenters. The summed E-state index contributed by atoms with van der Waals surface area (Å²) in [7, 11) is 0. The first-order valence-corrected chi connectivity index (χ1v) is 9.40. The van der Waals surface area contributed by atoms with Gasteiger partial charge in [0.05, 0.1) is 18.0 Å². The lowest BCUT2D eigenvalue weighted by atomic mass is 10.3. The first kappa shape index (κ1) is 18.0. The first-order valence-electron chi connectivity index (χ1n) is 6.75. The fourth-order valence-corrected chi connectivity index (χ4v) is 3.43. The zero-order valence-corrected chi connectivity index (χ0v) is 15.3. The van der Waals surface area contributed by atoms with Crippen molar-refractivity contribution in [3.8, 4) is 0 Å². The first-order chi connectivity index (χ1) is 11.1. The molecule has 0 aliphatic carbocycles. The van der Waals surface area contributed by atoms with Crippen LogP contribution in [-0.2, 0) is 4.79 Å². The van der Waals surface area contributed by atoms with Gasteiger partial charge in [0.1, 0.15) is 4.88 Å².